The average molecular weight is 528 g/mol. The third-order valence-electron chi connectivity index (χ3n) is 6.62. The number of rotatable bonds is 9. The molecule has 2 fully saturated rings. The maximum absolute atomic E-state index is 12.7. The summed E-state index contributed by atoms with van der Waals surface area (Å²) in [6, 6.07) is 5.15. The molecule has 10 heteroatoms. The highest BCUT2D eigenvalue weighted by Gasteiger charge is 2.29. The Kier molecular flexibility index (Phi) is 10.8. The van der Waals surface area contributed by atoms with Crippen LogP contribution in [0.4, 0.5) is 0 Å². The van der Waals surface area contributed by atoms with Gasteiger partial charge in [0.2, 0.25) is 11.8 Å². The fraction of sp³-hybridized carbons (Fsp3) is 0.600. The van der Waals surface area contributed by atoms with Gasteiger partial charge in [0.1, 0.15) is 0 Å². The van der Waals surface area contributed by atoms with Gasteiger partial charge in [0.05, 0.1) is 28.9 Å². The van der Waals surface area contributed by atoms with Crippen LogP contribution < -0.4 is 0 Å². The second-order valence-electron chi connectivity index (χ2n) is 9.24. The first-order valence-corrected chi connectivity index (χ1v) is 12.8. The van der Waals surface area contributed by atoms with Gasteiger partial charge in [0.15, 0.2) is 0 Å². The molecule has 3 rings (SSSR count). The van der Waals surface area contributed by atoms with Crippen molar-refractivity contribution in [1.82, 2.24) is 14.7 Å². The quantitative estimate of drug-likeness (QED) is 0.478. The number of β-amino-alcohol motifs (C(OH)–C–C–N with tert-alkyl or cyclic N) is 1. The van der Waals surface area contributed by atoms with E-state index in [-0.39, 0.29) is 30.3 Å². The van der Waals surface area contributed by atoms with Crippen molar-refractivity contribution in [2.75, 3.05) is 59.5 Å². The first-order valence-electron chi connectivity index (χ1n) is 12.0. The summed E-state index contributed by atoms with van der Waals surface area (Å²) in [5.74, 6) is -0.131. The predicted molar refractivity (Wildman–Crippen MR) is 136 cm³/mol. The van der Waals surface area contributed by atoms with E-state index in [1.54, 1.807) is 41.2 Å². The number of hydrogen-bond acceptors (Lipinski definition) is 6. The summed E-state index contributed by atoms with van der Waals surface area (Å²) in [5.41, 5.74) is 0.769. The van der Waals surface area contributed by atoms with Crippen LogP contribution in [0.2, 0.25) is 10.0 Å². The number of halogens is 2. The second kappa shape index (κ2) is 13.6. The average Bonchev–Trinajstić information content (AvgIpc) is 3.02. The number of hydrogen-bond donors (Lipinski definition) is 2. The molecule has 2 amide bonds. The Morgan fingerprint density at radius 3 is 2.77 bits per heavy atom. The minimum Gasteiger partial charge on any atom is -0.393 e. The molecule has 194 valence electrons. The molecule has 3 atom stereocenters. The molecule has 0 saturated carbocycles. The van der Waals surface area contributed by atoms with Crippen LogP contribution >= 0.6 is 23.2 Å². The zero-order valence-electron chi connectivity index (χ0n) is 20.1. The Bertz CT molecular complexity index is 900. The van der Waals surface area contributed by atoms with Crippen LogP contribution in [0.3, 0.4) is 0 Å². The van der Waals surface area contributed by atoms with E-state index in [0.717, 1.165) is 12.1 Å². The minimum absolute atomic E-state index is 0.0118. The van der Waals surface area contributed by atoms with Crippen LogP contribution in [0.15, 0.2) is 24.3 Å². The molecule has 3 unspecified atom stereocenters. The van der Waals surface area contributed by atoms with E-state index in [0.29, 0.717) is 68.8 Å². The molecule has 8 nitrogen and oxygen atoms in total. The Morgan fingerprint density at radius 1 is 1.23 bits per heavy atom. The molecule has 0 aliphatic carbocycles. The molecule has 1 aromatic carbocycles. The molecular formula is C25H35Cl2N3O5. The van der Waals surface area contributed by atoms with Crippen LogP contribution in [-0.4, -0.2) is 108 Å². The normalized spacial score (nSPS) is 23.1. The van der Waals surface area contributed by atoms with E-state index in [1.165, 1.54) is 6.08 Å². The molecule has 2 N–H and O–H groups in total. The van der Waals surface area contributed by atoms with E-state index in [1.807, 2.05) is 0 Å². The lowest BCUT2D eigenvalue weighted by Crippen LogP contribution is -2.47. The lowest BCUT2D eigenvalue weighted by molar-refractivity contribution is -0.130. The number of ether oxygens (including phenoxy) is 1. The van der Waals surface area contributed by atoms with Crippen molar-refractivity contribution < 1.29 is 24.5 Å². The predicted octanol–water partition coefficient (Wildman–Crippen LogP) is 2.15. The highest BCUT2D eigenvalue weighted by Crippen LogP contribution is 2.23. The topological polar surface area (TPSA) is 93.6 Å². The molecule has 0 spiro atoms. The molecule has 0 bridgehead atoms. The zero-order valence-corrected chi connectivity index (χ0v) is 21.6. The fourth-order valence-electron chi connectivity index (χ4n) is 4.55. The lowest BCUT2D eigenvalue weighted by atomic mass is 9.95. The Morgan fingerprint density at radius 2 is 2.03 bits per heavy atom. The number of amides is 2. The summed E-state index contributed by atoms with van der Waals surface area (Å²) in [6.45, 7) is 4.08. The molecule has 0 radical (unpaired) electrons. The van der Waals surface area contributed by atoms with Crippen molar-refractivity contribution in [2.45, 2.75) is 31.5 Å². The van der Waals surface area contributed by atoms with Gasteiger partial charge in [-0.1, -0.05) is 29.3 Å². The Labute approximate surface area is 217 Å². The lowest BCUT2D eigenvalue weighted by Gasteiger charge is -2.37. The van der Waals surface area contributed by atoms with Gasteiger partial charge in [-0.3, -0.25) is 9.59 Å². The van der Waals surface area contributed by atoms with E-state index >= 15 is 0 Å². The van der Waals surface area contributed by atoms with Gasteiger partial charge < -0.3 is 29.6 Å². The molecule has 35 heavy (non-hydrogen) atoms. The summed E-state index contributed by atoms with van der Waals surface area (Å²) < 4.78 is 5.19. The first kappa shape index (κ1) is 27.9. The number of carbonyl (C=O) groups is 2. The summed E-state index contributed by atoms with van der Waals surface area (Å²) in [5, 5.41) is 21.5. The fourth-order valence-corrected chi connectivity index (χ4v) is 4.85. The number of carbonyl (C=O) groups excluding carboxylic acids is 2. The highest BCUT2D eigenvalue weighted by molar-refractivity contribution is 6.42. The Hall–Kier alpha value is -1.68. The standard InChI is InChI=1S/C25H35Cl2N3O5/c1-35-17-19-15-28(9-7-23(19)32)16-20(31)6-10-29-12-13-30(11-8-25(29)34)24(33)5-3-18-2-4-21(26)22(27)14-18/h2-5,14,19-20,23,31-32H,6-13,15-17H2,1H3/b5-3+. The van der Waals surface area contributed by atoms with Gasteiger partial charge in [-0.25, -0.2) is 0 Å². The highest BCUT2D eigenvalue weighted by atomic mass is 35.5. The number of likely N-dealkylation sites (tertiary alicyclic amines) is 1. The van der Waals surface area contributed by atoms with Crippen molar-refractivity contribution >= 4 is 41.1 Å². The van der Waals surface area contributed by atoms with Crippen LogP contribution in [-0.2, 0) is 14.3 Å². The summed E-state index contributed by atoms with van der Waals surface area (Å²) in [6.07, 6.45) is 3.60. The van der Waals surface area contributed by atoms with Crippen LogP contribution in [0.25, 0.3) is 6.08 Å². The molecule has 2 saturated heterocycles. The molecule has 1 aromatic rings. The smallest absolute Gasteiger partial charge is 0.246 e. The summed E-state index contributed by atoms with van der Waals surface area (Å²) >= 11 is 12.0. The third-order valence-corrected chi connectivity index (χ3v) is 7.36. The maximum atomic E-state index is 12.7. The van der Waals surface area contributed by atoms with Gasteiger partial charge in [-0.2, -0.15) is 0 Å². The monoisotopic (exact) mass is 527 g/mol. The van der Waals surface area contributed by atoms with Gasteiger partial charge in [0.25, 0.3) is 0 Å². The number of methoxy groups -OCH3 is 1. The number of nitrogens with zero attached hydrogens (tertiary/aromatic N) is 3. The van der Waals surface area contributed by atoms with Gasteiger partial charge in [-0.05, 0) is 36.6 Å². The number of benzene rings is 1. The number of aliphatic hydroxyl groups excluding tert-OH is 2. The van der Waals surface area contributed by atoms with E-state index in [4.69, 9.17) is 27.9 Å². The zero-order chi connectivity index (χ0) is 25.4. The molecule has 2 heterocycles. The van der Waals surface area contributed by atoms with E-state index in [2.05, 4.69) is 4.90 Å². The second-order valence-corrected chi connectivity index (χ2v) is 10.1. The van der Waals surface area contributed by atoms with Crippen molar-refractivity contribution in [2.24, 2.45) is 5.92 Å². The van der Waals surface area contributed by atoms with Crippen molar-refractivity contribution in [3.8, 4) is 0 Å². The van der Waals surface area contributed by atoms with Gasteiger partial charge >= 0.3 is 0 Å². The van der Waals surface area contributed by atoms with Crippen LogP contribution in [0.1, 0.15) is 24.8 Å². The first-order chi connectivity index (χ1) is 16.8. The van der Waals surface area contributed by atoms with Crippen molar-refractivity contribution in [3.63, 3.8) is 0 Å². The summed E-state index contributed by atoms with van der Waals surface area (Å²) in [4.78, 5) is 30.8. The molecule has 0 aromatic heterocycles. The molecular weight excluding hydrogens is 493 g/mol. The largest absolute Gasteiger partial charge is 0.393 e. The number of piperidine rings is 1. The SMILES string of the molecule is COCC1CN(CC(O)CCN2CCN(C(=O)/C=C/c3ccc(Cl)c(Cl)c3)CCC2=O)CCC1O. The summed E-state index contributed by atoms with van der Waals surface area (Å²) in [7, 11) is 1.62. The van der Waals surface area contributed by atoms with Crippen LogP contribution in [0, 0.1) is 5.92 Å². The van der Waals surface area contributed by atoms with Crippen molar-refractivity contribution in [1.29, 1.82) is 0 Å². The number of aliphatic hydroxyl groups is 2. The Balaban J connectivity index is 1.44. The minimum atomic E-state index is -0.573. The van der Waals surface area contributed by atoms with E-state index < -0.39 is 6.10 Å². The molecule has 2 aliphatic heterocycles. The third kappa shape index (κ3) is 8.44. The van der Waals surface area contributed by atoms with E-state index in [9.17, 15) is 19.8 Å². The van der Waals surface area contributed by atoms with Crippen LogP contribution in [0.5, 0.6) is 0 Å². The maximum Gasteiger partial charge on any atom is 0.246 e. The van der Waals surface area contributed by atoms with Crippen molar-refractivity contribution in [3.05, 3.63) is 39.9 Å². The van der Waals surface area contributed by atoms with Gasteiger partial charge in [-0.15, -0.1) is 0 Å². The van der Waals surface area contributed by atoms with Gasteiger partial charge in [0, 0.05) is 71.3 Å². The molecule has 2 aliphatic rings.